The molecule has 2 saturated carbocycles. The molecule has 0 spiro atoms. The van der Waals surface area contributed by atoms with E-state index in [4.69, 9.17) is 10.5 Å². The number of amides is 2. The summed E-state index contributed by atoms with van der Waals surface area (Å²) in [6, 6.07) is 14.3. The van der Waals surface area contributed by atoms with Gasteiger partial charge in [-0.1, -0.05) is 18.6 Å². The molecule has 10 heteroatoms. The molecule has 3 heterocycles. The highest BCUT2D eigenvalue weighted by Crippen LogP contribution is 2.45. The van der Waals surface area contributed by atoms with Crippen molar-refractivity contribution >= 4 is 34.8 Å². The molecule has 2 bridgehead atoms. The first-order valence-electron chi connectivity index (χ1n) is 15.3. The Labute approximate surface area is 264 Å². The summed E-state index contributed by atoms with van der Waals surface area (Å²) in [6.07, 6.45) is 5.11. The minimum atomic E-state index is -1.30. The van der Waals surface area contributed by atoms with Crippen LogP contribution in [0.25, 0.3) is 21.6 Å². The number of fused-ring (bicyclic) bond motifs is 5. The fraction of sp³-hybridized carbons (Fsp3) is 0.314. The van der Waals surface area contributed by atoms with Crippen LogP contribution in [0.5, 0.6) is 5.75 Å². The highest BCUT2D eigenvalue weighted by Gasteiger charge is 2.40. The Kier molecular flexibility index (Phi) is 7.63. The van der Waals surface area contributed by atoms with Crippen molar-refractivity contribution in [1.29, 1.82) is 0 Å². The Morgan fingerprint density at radius 3 is 2.62 bits per heavy atom. The number of aryl methyl sites for hydroxylation is 1. The summed E-state index contributed by atoms with van der Waals surface area (Å²) in [4.78, 5) is 45.2. The molecule has 3 atom stereocenters. The van der Waals surface area contributed by atoms with Crippen LogP contribution in [0.1, 0.15) is 73.7 Å². The number of rotatable bonds is 7. The van der Waals surface area contributed by atoms with Crippen LogP contribution < -0.4 is 21.1 Å². The minimum Gasteiger partial charge on any atom is -0.493 e. The highest BCUT2D eigenvalue weighted by molar-refractivity contribution is 7.13. The molecule has 45 heavy (non-hydrogen) atoms. The summed E-state index contributed by atoms with van der Waals surface area (Å²) >= 11 is 1.57. The molecule has 0 radical (unpaired) electrons. The third-order valence-electron chi connectivity index (χ3n) is 9.43. The van der Waals surface area contributed by atoms with Crippen LogP contribution in [0.3, 0.4) is 0 Å². The van der Waals surface area contributed by atoms with Gasteiger partial charge in [-0.2, -0.15) is 0 Å². The Balaban J connectivity index is 1.30. The normalized spacial score (nSPS) is 19.6. The molecule has 2 aromatic carbocycles. The zero-order valence-corrected chi connectivity index (χ0v) is 25.7. The van der Waals surface area contributed by atoms with Gasteiger partial charge >= 0.3 is 5.97 Å². The largest absolute Gasteiger partial charge is 0.493 e. The van der Waals surface area contributed by atoms with Gasteiger partial charge in [-0.15, -0.1) is 11.3 Å². The fourth-order valence-electron chi connectivity index (χ4n) is 7.14. The van der Waals surface area contributed by atoms with E-state index in [1.54, 1.807) is 29.5 Å². The zero-order valence-electron chi connectivity index (χ0n) is 24.9. The van der Waals surface area contributed by atoms with Crippen molar-refractivity contribution in [1.82, 2.24) is 10.3 Å². The number of carboxylic acids is 1. The smallest absolute Gasteiger partial charge is 0.355 e. The van der Waals surface area contributed by atoms with Crippen LogP contribution in [-0.4, -0.2) is 40.5 Å². The number of carbonyl (C=O) groups excluding carboxylic acids is 2. The van der Waals surface area contributed by atoms with E-state index in [0.717, 1.165) is 46.4 Å². The molecule has 2 amide bonds. The van der Waals surface area contributed by atoms with E-state index in [-0.39, 0.29) is 34.5 Å². The van der Waals surface area contributed by atoms with E-state index < -0.39 is 11.9 Å². The van der Waals surface area contributed by atoms with Crippen LogP contribution >= 0.6 is 11.3 Å². The van der Waals surface area contributed by atoms with Gasteiger partial charge in [-0.3, -0.25) is 9.59 Å². The summed E-state index contributed by atoms with van der Waals surface area (Å²) in [5.41, 5.74) is 10.7. The number of hydrogen-bond acceptors (Lipinski definition) is 7. The number of nitrogens with one attached hydrogen (secondary N) is 2. The number of aromatic carboxylic acids is 1. The lowest BCUT2D eigenvalue weighted by Gasteiger charge is -2.23. The number of aromatic nitrogens is 1. The van der Waals surface area contributed by atoms with Gasteiger partial charge in [-0.05, 0) is 96.5 Å². The molecule has 230 valence electrons. The maximum atomic E-state index is 14.0. The third kappa shape index (κ3) is 5.49. The van der Waals surface area contributed by atoms with Crippen molar-refractivity contribution in [2.75, 3.05) is 11.9 Å². The Hall–Kier alpha value is -4.54. The molecule has 4 aromatic rings. The molecule has 2 aromatic heterocycles. The molecule has 5 N–H and O–H groups in total. The van der Waals surface area contributed by atoms with E-state index in [1.165, 1.54) is 12.5 Å². The lowest BCUT2D eigenvalue weighted by Crippen LogP contribution is -2.39. The van der Waals surface area contributed by atoms with E-state index in [0.29, 0.717) is 48.4 Å². The maximum absolute atomic E-state index is 14.0. The lowest BCUT2D eigenvalue weighted by atomic mass is 9.93. The number of carboxylic acid groups (broad SMARTS) is 1. The van der Waals surface area contributed by atoms with Crippen molar-refractivity contribution in [3.8, 4) is 27.3 Å². The number of nitrogens with two attached hydrogens (primary N) is 1. The van der Waals surface area contributed by atoms with Gasteiger partial charge in [0.15, 0.2) is 5.69 Å². The standard InChI is InChI=1S/C35H34N4O5S/c1-18-12-20(17-36)3-6-27(18)38-33(40)25-15-26-30(44-10-8-21-9-11-45-32(21)26)16-24(25)23-5-7-28(37-31(23)35(42)43)34(41)39-29-14-19-2-4-22(29)13-19/h3,5-7,9,11-12,15-16,19,22,29H,2,4,8,10,13-14,17,36H2,1H3,(H,38,40)(H,39,41)(H,42,43). The monoisotopic (exact) mass is 622 g/mol. The van der Waals surface area contributed by atoms with Crippen LogP contribution in [-0.2, 0) is 13.0 Å². The van der Waals surface area contributed by atoms with Crippen LogP contribution in [0, 0.1) is 18.8 Å². The summed E-state index contributed by atoms with van der Waals surface area (Å²) < 4.78 is 6.14. The minimum absolute atomic E-state index is 0.0368. The number of hydrogen-bond donors (Lipinski definition) is 4. The van der Waals surface area contributed by atoms with E-state index in [9.17, 15) is 19.5 Å². The number of anilines is 1. The van der Waals surface area contributed by atoms with Crippen molar-refractivity contribution in [3.63, 3.8) is 0 Å². The predicted octanol–water partition coefficient (Wildman–Crippen LogP) is 6.05. The number of thiophene rings is 1. The Morgan fingerprint density at radius 2 is 1.89 bits per heavy atom. The average Bonchev–Trinajstić information content (AvgIpc) is 3.77. The quantitative estimate of drug-likeness (QED) is 0.197. The molecule has 0 saturated heterocycles. The number of benzene rings is 2. The highest BCUT2D eigenvalue weighted by atomic mass is 32.1. The van der Waals surface area contributed by atoms with Crippen molar-refractivity contribution in [2.24, 2.45) is 17.6 Å². The summed E-state index contributed by atoms with van der Waals surface area (Å²) in [5.74, 6) is -0.412. The van der Waals surface area contributed by atoms with Gasteiger partial charge in [0.05, 0.1) is 6.61 Å². The molecule has 3 unspecified atom stereocenters. The van der Waals surface area contributed by atoms with Crippen molar-refractivity contribution in [3.05, 3.63) is 87.6 Å². The third-order valence-corrected chi connectivity index (χ3v) is 10.4. The zero-order chi connectivity index (χ0) is 31.2. The van der Waals surface area contributed by atoms with E-state index >= 15 is 0 Å². The topological polar surface area (TPSA) is 144 Å². The second-order valence-corrected chi connectivity index (χ2v) is 13.1. The SMILES string of the molecule is Cc1cc(CN)ccc1NC(=O)c1cc2c(cc1-c1ccc(C(=O)NC3CC4CCC3C4)nc1C(=O)O)OCCc1ccsc1-2. The first-order chi connectivity index (χ1) is 21.8. The molecular formula is C35H34N4O5S. The van der Waals surface area contributed by atoms with Gasteiger partial charge in [0.1, 0.15) is 11.4 Å². The number of nitrogens with zero attached hydrogens (tertiary/aromatic N) is 1. The van der Waals surface area contributed by atoms with Gasteiger partial charge in [-0.25, -0.2) is 9.78 Å². The second kappa shape index (κ2) is 11.8. The second-order valence-electron chi connectivity index (χ2n) is 12.2. The van der Waals surface area contributed by atoms with Crippen LogP contribution in [0.15, 0.2) is 53.9 Å². The predicted molar refractivity (Wildman–Crippen MR) is 173 cm³/mol. The fourth-order valence-corrected chi connectivity index (χ4v) is 8.12. The van der Waals surface area contributed by atoms with Crippen molar-refractivity contribution < 1.29 is 24.2 Å². The van der Waals surface area contributed by atoms with Gasteiger partial charge in [0, 0.05) is 51.8 Å². The molecule has 1 aliphatic heterocycles. The van der Waals surface area contributed by atoms with Crippen LogP contribution in [0.2, 0.25) is 0 Å². The van der Waals surface area contributed by atoms with Gasteiger partial charge < -0.3 is 26.2 Å². The van der Waals surface area contributed by atoms with Crippen molar-refractivity contribution in [2.45, 2.75) is 51.6 Å². The van der Waals surface area contributed by atoms with Crippen LogP contribution in [0.4, 0.5) is 5.69 Å². The lowest BCUT2D eigenvalue weighted by molar-refractivity contribution is 0.0691. The summed E-state index contributed by atoms with van der Waals surface area (Å²) in [7, 11) is 0. The number of carbonyl (C=O) groups is 3. The van der Waals surface area contributed by atoms with E-state index in [1.807, 2.05) is 30.5 Å². The van der Waals surface area contributed by atoms with Gasteiger partial charge in [0.25, 0.3) is 11.8 Å². The summed E-state index contributed by atoms with van der Waals surface area (Å²) in [6.45, 7) is 2.72. The summed E-state index contributed by atoms with van der Waals surface area (Å²) in [5, 5.41) is 18.4. The van der Waals surface area contributed by atoms with Gasteiger partial charge in [0.2, 0.25) is 0 Å². The Bertz CT molecular complexity index is 1850. The molecular weight excluding hydrogens is 588 g/mol. The maximum Gasteiger partial charge on any atom is 0.355 e. The number of ether oxygens (including phenoxy) is 1. The molecule has 9 nitrogen and oxygen atoms in total. The Morgan fingerprint density at radius 1 is 1.02 bits per heavy atom. The average molecular weight is 623 g/mol. The molecule has 2 fully saturated rings. The first-order valence-corrected chi connectivity index (χ1v) is 16.2. The first kappa shape index (κ1) is 29.2. The molecule has 7 rings (SSSR count). The molecule has 2 aliphatic carbocycles. The number of pyridine rings is 1. The molecule has 3 aliphatic rings. The van der Waals surface area contributed by atoms with E-state index in [2.05, 4.69) is 21.7 Å².